The predicted molar refractivity (Wildman–Crippen MR) is 317 cm³/mol. The first kappa shape index (κ1) is 65.7. The zero-order chi connectivity index (χ0) is 55.2. The Hall–Kier alpha value is -4.46. The molecule has 0 fully saturated rings. The summed E-state index contributed by atoms with van der Waals surface area (Å²) in [6.45, 7) is 35.8. The van der Waals surface area contributed by atoms with Crippen LogP contribution in [0.5, 0.6) is 0 Å². The summed E-state index contributed by atoms with van der Waals surface area (Å²) < 4.78 is 28.2. The van der Waals surface area contributed by atoms with Crippen molar-refractivity contribution in [3.8, 4) is 0 Å². The van der Waals surface area contributed by atoms with Gasteiger partial charge in [0, 0.05) is 69.6 Å². The highest BCUT2D eigenvalue weighted by Crippen LogP contribution is 2.32. The Labute approximate surface area is 469 Å². The Morgan fingerprint density at radius 2 is 1.24 bits per heavy atom. The molecule has 0 radical (unpaired) electrons. The number of nitrogen functional groups attached to an aromatic ring is 1. The number of nitrogens with zero attached hydrogens (tertiary/aromatic N) is 1. The minimum absolute atomic E-state index is 0. The van der Waals surface area contributed by atoms with Gasteiger partial charge in [-0.2, -0.15) is 4.99 Å². The van der Waals surface area contributed by atoms with Crippen molar-refractivity contribution in [3.63, 3.8) is 0 Å². The van der Waals surface area contributed by atoms with Crippen LogP contribution in [0.2, 0.25) is 0 Å². The molecule has 7 rings (SSSR count). The summed E-state index contributed by atoms with van der Waals surface area (Å²) in [6.07, 6.45) is 7.12. The number of anilines is 3. The molecule has 0 spiro atoms. The number of carbonyl (C=O) groups excluding carboxylic acids is 3. The summed E-state index contributed by atoms with van der Waals surface area (Å²) in [5.74, 6) is -0.196. The van der Waals surface area contributed by atoms with Gasteiger partial charge >= 0.3 is 5.91 Å². The zero-order valence-electron chi connectivity index (χ0n) is 46.0. The van der Waals surface area contributed by atoms with Gasteiger partial charge in [-0.25, -0.2) is 13.6 Å². The summed E-state index contributed by atoms with van der Waals surface area (Å²) in [7, 11) is 0. The van der Waals surface area contributed by atoms with Crippen molar-refractivity contribution in [1.82, 2.24) is 5.32 Å². The van der Waals surface area contributed by atoms with Crippen LogP contribution in [-0.4, -0.2) is 35.9 Å². The number of fused-ring (bicyclic) bond motifs is 2. The highest BCUT2D eigenvalue weighted by Gasteiger charge is 2.25. The number of halogens is 6. The molecule has 1 aliphatic carbocycles. The number of amides is 2. The molecule has 5 N–H and O–H groups in total. The van der Waals surface area contributed by atoms with Crippen molar-refractivity contribution in [1.29, 1.82) is 0 Å². The third-order valence-electron chi connectivity index (χ3n) is 11.6. The van der Waals surface area contributed by atoms with Gasteiger partial charge in [0.05, 0.1) is 6.42 Å². The topological polar surface area (TPSA) is 118 Å². The highest BCUT2D eigenvalue weighted by atomic mass is 79.9. The second-order valence-corrected chi connectivity index (χ2v) is 25.0. The molecule has 14 heteroatoms. The fourth-order valence-corrected chi connectivity index (χ4v) is 9.88. The lowest BCUT2D eigenvalue weighted by Crippen LogP contribution is -2.78. The summed E-state index contributed by atoms with van der Waals surface area (Å²) in [4.78, 5) is 39.7. The normalized spacial score (nSPS) is 14.5. The second-order valence-electron chi connectivity index (χ2n) is 22.8. The molecule has 0 unspecified atom stereocenters. The van der Waals surface area contributed by atoms with Crippen molar-refractivity contribution >= 4 is 95.7 Å². The number of carbonyl (C=O) groups is 3. The number of hydrogen-bond donors (Lipinski definition) is 4. The van der Waals surface area contributed by atoms with E-state index in [1.807, 2.05) is 113 Å². The third-order valence-corrected chi connectivity index (χ3v) is 12.7. The number of allylic oxidation sites excluding steroid dienone is 5. The number of rotatable bonds is 5. The first-order valence-electron chi connectivity index (χ1n) is 24.7. The Bertz CT molecular complexity index is 2690. The van der Waals surface area contributed by atoms with Crippen LogP contribution in [0.1, 0.15) is 133 Å². The van der Waals surface area contributed by atoms with Gasteiger partial charge in [0.15, 0.2) is 0 Å². The quantitative estimate of drug-likeness (QED) is 0.117. The molecule has 8 nitrogen and oxygen atoms in total. The molecule has 404 valence electrons. The van der Waals surface area contributed by atoms with E-state index in [0.29, 0.717) is 19.3 Å². The first-order chi connectivity index (χ1) is 33.7. The van der Waals surface area contributed by atoms with Crippen molar-refractivity contribution in [2.24, 2.45) is 16.2 Å². The van der Waals surface area contributed by atoms with E-state index in [1.54, 1.807) is 12.1 Å². The van der Waals surface area contributed by atoms with Crippen molar-refractivity contribution < 1.29 is 28.2 Å². The summed E-state index contributed by atoms with van der Waals surface area (Å²) >= 11 is 11.9. The molecule has 0 bridgehead atoms. The first-order valence-corrected chi connectivity index (χ1v) is 26.7. The Morgan fingerprint density at radius 1 is 0.730 bits per heavy atom. The van der Waals surface area contributed by atoms with Gasteiger partial charge in [0.2, 0.25) is 16.9 Å². The van der Waals surface area contributed by atoms with E-state index in [-0.39, 0.29) is 57.3 Å². The summed E-state index contributed by atoms with van der Waals surface area (Å²) in [5, 5.41) is 6.07. The third kappa shape index (κ3) is 23.6. The van der Waals surface area contributed by atoms with E-state index < -0.39 is 0 Å². The van der Waals surface area contributed by atoms with Gasteiger partial charge in [-0.3, -0.25) is 9.59 Å². The fourth-order valence-electron chi connectivity index (χ4n) is 8.17. The fraction of sp³-hybridized carbons (Fsp3) is 0.433. The molecule has 0 atom stereocenters. The number of benzene rings is 4. The van der Waals surface area contributed by atoms with Crippen LogP contribution >= 0.6 is 55.9 Å². The number of nitrogens with one attached hydrogen (secondary N) is 3. The molecule has 2 heterocycles. The van der Waals surface area contributed by atoms with E-state index in [1.165, 1.54) is 23.3 Å². The number of aryl methyl sites for hydroxylation is 4. The highest BCUT2D eigenvalue weighted by molar-refractivity contribution is 9.12. The molecule has 3 aliphatic rings. The largest absolute Gasteiger partial charge is 0.398 e. The van der Waals surface area contributed by atoms with E-state index in [9.17, 15) is 23.2 Å². The van der Waals surface area contributed by atoms with Gasteiger partial charge in [-0.05, 0) is 187 Å². The van der Waals surface area contributed by atoms with Crippen LogP contribution in [0.4, 0.5) is 25.8 Å². The molecule has 0 saturated heterocycles. The summed E-state index contributed by atoms with van der Waals surface area (Å²) in [5.41, 5.74) is 20.4. The summed E-state index contributed by atoms with van der Waals surface area (Å²) in [6, 6.07) is 18.4. The minimum atomic E-state index is -0.252. The SMILES string of the molecule is C=C1C=C(Br)C=C(C)C1=[NH+]C(=O)CC(C)(C)C.CC(C)(C)CC(=O)Cl.Cc1cc(Br)cc(C)c1N.Cc1cc(N2CCc3cc(F)ccc3C2)cc(C)c1NC(=O)CC(C)(C)C.Cl.Fc1ccc2c(c1)CCNC2. The van der Waals surface area contributed by atoms with Crippen LogP contribution in [-0.2, 0) is 40.3 Å². The molecule has 0 aromatic heterocycles. The van der Waals surface area contributed by atoms with Crippen molar-refractivity contribution in [3.05, 3.63) is 156 Å². The smallest absolute Gasteiger partial charge is 0.386 e. The van der Waals surface area contributed by atoms with Crippen molar-refractivity contribution in [2.45, 2.75) is 142 Å². The van der Waals surface area contributed by atoms with Gasteiger partial charge in [0.25, 0.3) is 0 Å². The van der Waals surface area contributed by atoms with E-state index >= 15 is 0 Å². The number of nitrogens with two attached hydrogens (primary N) is 1. The minimum Gasteiger partial charge on any atom is -0.398 e. The van der Waals surface area contributed by atoms with Crippen molar-refractivity contribution in [2.75, 3.05) is 29.0 Å². The maximum atomic E-state index is 13.4. The van der Waals surface area contributed by atoms with E-state index in [2.05, 4.69) is 91.9 Å². The van der Waals surface area contributed by atoms with Crippen LogP contribution in [0.15, 0.2) is 99.5 Å². The molecular formula is C60H80Br2Cl2F2N5O3+. The van der Waals surface area contributed by atoms with Crippen LogP contribution in [0.3, 0.4) is 0 Å². The second kappa shape index (κ2) is 29.2. The van der Waals surface area contributed by atoms with Crippen LogP contribution in [0.25, 0.3) is 0 Å². The van der Waals surface area contributed by atoms with Crippen LogP contribution < -0.4 is 26.3 Å². The Balaban J connectivity index is 0.000000342. The maximum absolute atomic E-state index is 13.4. The standard InChI is InChI=1S/C23H29FN2O.C14H18BrNO.C9H10FN.C8H10BrN.C6H11ClO.ClH/c1-15-10-20(11-16(2)22(15)25-21(27)13-23(3,4)5)26-9-8-17-12-19(24)7-6-18(17)14-26;1-9-6-11(15)7-10(2)13(9)16-12(17)8-14(3,4)5;10-9-2-1-8-6-11-4-3-7(8)5-9;1-5-3-7(9)4-6(2)8(5)10;1-6(2,3)4-5(7)8;/h6-7,10-12H,8-9,13-14H2,1-5H3,(H,25,27);6-7H,1,8H2,2-5H3;1-2,5,11H,3-4,6H2;3-4H,10H2,1-2H3;4H2,1-3H3;1H/p+1. The molecule has 4 aromatic carbocycles. The predicted octanol–water partition coefficient (Wildman–Crippen LogP) is 14.4. The Kier molecular flexibility index (Phi) is 25.9. The molecule has 74 heavy (non-hydrogen) atoms. The molecule has 2 aliphatic heterocycles. The lowest BCUT2D eigenvalue weighted by atomic mass is 9.92. The molecule has 2 amide bonds. The molecule has 0 saturated carbocycles. The lowest BCUT2D eigenvalue weighted by Gasteiger charge is -2.31. The van der Waals surface area contributed by atoms with Gasteiger partial charge < -0.3 is 21.3 Å². The zero-order valence-corrected chi connectivity index (χ0v) is 50.8. The average molecular weight is 1190 g/mol. The molecular weight excluding hydrogens is 1110 g/mol. The molecule has 4 aromatic rings. The van der Waals surface area contributed by atoms with E-state index in [0.717, 1.165) is 115 Å². The van der Waals surface area contributed by atoms with Gasteiger partial charge in [0.1, 0.15) is 11.6 Å². The van der Waals surface area contributed by atoms with Gasteiger partial charge in [-0.15, -0.1) is 12.4 Å². The van der Waals surface area contributed by atoms with Gasteiger partial charge in [-0.1, -0.05) is 113 Å². The Morgan fingerprint density at radius 3 is 1.73 bits per heavy atom. The van der Waals surface area contributed by atoms with Crippen LogP contribution in [0, 0.1) is 55.6 Å². The monoisotopic (exact) mass is 1180 g/mol. The number of hydrogen-bond acceptors (Lipinski definition) is 6. The maximum Gasteiger partial charge on any atom is 0.386 e. The average Bonchev–Trinajstić information content (AvgIpc) is 3.24. The van der Waals surface area contributed by atoms with E-state index in [4.69, 9.17) is 17.3 Å². The lowest BCUT2D eigenvalue weighted by molar-refractivity contribution is -0.378.